The molecule has 34 heavy (non-hydrogen) atoms. The van der Waals surface area contributed by atoms with Gasteiger partial charge in [-0.25, -0.2) is 14.4 Å². The number of fused-ring (bicyclic) bond motifs is 1. The molecule has 3 aromatic rings. The van der Waals surface area contributed by atoms with E-state index in [0.29, 0.717) is 34.3 Å². The Labute approximate surface area is 205 Å². The third-order valence-corrected chi connectivity index (χ3v) is 6.79. The van der Waals surface area contributed by atoms with E-state index in [2.05, 4.69) is 34.0 Å². The first-order valence-electron chi connectivity index (χ1n) is 12.0. The molecule has 2 aromatic carbocycles. The highest BCUT2D eigenvalue weighted by atomic mass is 35.5. The number of aromatic nitrogens is 2. The van der Waals surface area contributed by atoms with Crippen molar-refractivity contribution in [2.45, 2.75) is 58.1 Å². The smallest absolute Gasteiger partial charge is 0.165 e. The van der Waals surface area contributed by atoms with Crippen molar-refractivity contribution < 1.29 is 13.9 Å². The summed E-state index contributed by atoms with van der Waals surface area (Å²) in [5.74, 6) is 1.21. The van der Waals surface area contributed by atoms with E-state index in [4.69, 9.17) is 21.1 Å². The summed E-state index contributed by atoms with van der Waals surface area (Å²) in [6.07, 6.45) is 6.97. The number of hydrogen-bond acceptors (Lipinski definition) is 6. The Morgan fingerprint density at radius 2 is 1.91 bits per heavy atom. The van der Waals surface area contributed by atoms with Gasteiger partial charge >= 0.3 is 0 Å². The zero-order chi connectivity index (χ0) is 24.1. The van der Waals surface area contributed by atoms with Gasteiger partial charge in [0.2, 0.25) is 0 Å². The van der Waals surface area contributed by atoms with E-state index in [1.165, 1.54) is 18.8 Å². The summed E-state index contributed by atoms with van der Waals surface area (Å²) in [5.41, 5.74) is 0.919. The molecule has 8 heteroatoms. The minimum Gasteiger partial charge on any atom is -0.493 e. The number of halogens is 2. The summed E-state index contributed by atoms with van der Waals surface area (Å²) in [7, 11) is 1.62. The molecule has 1 heterocycles. The maximum absolute atomic E-state index is 14.5. The van der Waals surface area contributed by atoms with Gasteiger partial charge < -0.3 is 19.7 Å². The predicted molar refractivity (Wildman–Crippen MR) is 135 cm³/mol. The van der Waals surface area contributed by atoms with Crippen LogP contribution in [0.3, 0.4) is 0 Å². The van der Waals surface area contributed by atoms with Crippen LogP contribution in [0.15, 0.2) is 36.7 Å². The van der Waals surface area contributed by atoms with E-state index < -0.39 is 5.82 Å². The Hall–Kier alpha value is -2.64. The molecule has 0 spiro atoms. The molecule has 1 aromatic heterocycles. The van der Waals surface area contributed by atoms with Gasteiger partial charge in [0.1, 0.15) is 12.1 Å². The van der Waals surface area contributed by atoms with Gasteiger partial charge in [0.05, 0.1) is 29.4 Å². The molecule has 1 N–H and O–H groups in total. The Kier molecular flexibility index (Phi) is 8.06. The molecular formula is C26H32ClFN4O2. The Morgan fingerprint density at radius 1 is 1.12 bits per heavy atom. The molecule has 182 valence electrons. The number of hydrogen-bond donors (Lipinski definition) is 1. The van der Waals surface area contributed by atoms with Crippen LogP contribution in [0.2, 0.25) is 5.02 Å². The fraction of sp³-hybridized carbons (Fsp3) is 0.462. The van der Waals surface area contributed by atoms with Crippen molar-refractivity contribution in [3.63, 3.8) is 0 Å². The number of nitrogens with zero attached hydrogens (tertiary/aromatic N) is 3. The second-order valence-corrected chi connectivity index (χ2v) is 9.05. The maximum atomic E-state index is 14.5. The first kappa shape index (κ1) is 24.5. The Bertz CT molecular complexity index is 1120. The minimum atomic E-state index is -0.526. The lowest BCUT2D eigenvalue weighted by Gasteiger charge is -2.36. The molecule has 0 aliphatic heterocycles. The summed E-state index contributed by atoms with van der Waals surface area (Å²) < 4.78 is 26.5. The average molecular weight is 487 g/mol. The third kappa shape index (κ3) is 5.36. The Morgan fingerprint density at radius 3 is 2.62 bits per heavy atom. The molecule has 6 nitrogen and oxygen atoms in total. The summed E-state index contributed by atoms with van der Waals surface area (Å²) in [6.45, 7) is 6.71. The van der Waals surface area contributed by atoms with Crippen molar-refractivity contribution in [1.82, 2.24) is 14.9 Å². The zero-order valence-electron chi connectivity index (χ0n) is 20.0. The van der Waals surface area contributed by atoms with E-state index in [1.807, 2.05) is 12.1 Å². The van der Waals surface area contributed by atoms with E-state index in [0.717, 1.165) is 38.8 Å². The van der Waals surface area contributed by atoms with Gasteiger partial charge in [-0.3, -0.25) is 0 Å². The van der Waals surface area contributed by atoms with E-state index in [9.17, 15) is 4.39 Å². The van der Waals surface area contributed by atoms with Crippen molar-refractivity contribution in [3.05, 3.63) is 47.5 Å². The number of benzene rings is 2. The molecule has 0 unspecified atom stereocenters. The highest BCUT2D eigenvalue weighted by molar-refractivity contribution is 6.31. The largest absolute Gasteiger partial charge is 0.493 e. The first-order valence-corrected chi connectivity index (χ1v) is 12.4. The van der Waals surface area contributed by atoms with Crippen molar-refractivity contribution in [2.24, 2.45) is 0 Å². The average Bonchev–Trinajstić information content (AvgIpc) is 2.86. The van der Waals surface area contributed by atoms with Crippen LogP contribution in [0.25, 0.3) is 10.9 Å². The fourth-order valence-corrected chi connectivity index (χ4v) is 4.91. The molecule has 0 amide bonds. The molecule has 0 atom stereocenters. The normalized spacial score (nSPS) is 18.3. The lowest BCUT2D eigenvalue weighted by Crippen LogP contribution is -2.40. The zero-order valence-corrected chi connectivity index (χ0v) is 20.7. The summed E-state index contributed by atoms with van der Waals surface area (Å²) >= 11 is 5.94. The van der Waals surface area contributed by atoms with Gasteiger partial charge in [0.15, 0.2) is 17.3 Å². The monoisotopic (exact) mass is 486 g/mol. The van der Waals surface area contributed by atoms with Gasteiger partial charge in [0, 0.05) is 17.5 Å². The minimum absolute atomic E-state index is 0.0465. The van der Waals surface area contributed by atoms with E-state index in [1.54, 1.807) is 19.2 Å². The number of anilines is 2. The van der Waals surface area contributed by atoms with E-state index in [-0.39, 0.29) is 16.8 Å². The molecule has 0 saturated heterocycles. The number of rotatable bonds is 9. The van der Waals surface area contributed by atoms with Crippen LogP contribution in [0.4, 0.5) is 15.9 Å². The molecule has 1 fully saturated rings. The second-order valence-electron chi connectivity index (χ2n) is 8.65. The summed E-state index contributed by atoms with van der Waals surface area (Å²) in [4.78, 5) is 11.3. The highest BCUT2D eigenvalue weighted by Gasteiger charge is 2.27. The third-order valence-electron chi connectivity index (χ3n) is 6.50. The lowest BCUT2D eigenvalue weighted by molar-refractivity contribution is 0.0888. The van der Waals surface area contributed by atoms with Gasteiger partial charge in [0.25, 0.3) is 0 Å². The van der Waals surface area contributed by atoms with Gasteiger partial charge in [-0.05, 0) is 63.4 Å². The highest BCUT2D eigenvalue weighted by Crippen LogP contribution is 2.37. The van der Waals surface area contributed by atoms with Crippen LogP contribution >= 0.6 is 11.6 Å². The van der Waals surface area contributed by atoms with Crippen molar-refractivity contribution in [1.29, 1.82) is 0 Å². The summed E-state index contributed by atoms with van der Waals surface area (Å²) in [6, 6.07) is 9.14. The van der Waals surface area contributed by atoms with Crippen LogP contribution in [-0.4, -0.2) is 47.2 Å². The van der Waals surface area contributed by atoms with Crippen molar-refractivity contribution in [2.75, 3.05) is 25.5 Å². The van der Waals surface area contributed by atoms with Crippen molar-refractivity contribution >= 4 is 34.0 Å². The number of nitrogens with one attached hydrogen (secondary N) is 1. The quantitative estimate of drug-likeness (QED) is 0.368. The lowest BCUT2D eigenvalue weighted by atomic mass is 9.91. The molecule has 1 saturated carbocycles. The molecule has 0 radical (unpaired) electrons. The molecule has 1 aliphatic carbocycles. The van der Waals surface area contributed by atoms with Crippen LogP contribution in [0, 0.1) is 5.82 Å². The van der Waals surface area contributed by atoms with Gasteiger partial charge in [-0.2, -0.15) is 0 Å². The van der Waals surface area contributed by atoms with Gasteiger partial charge in [-0.1, -0.05) is 31.5 Å². The van der Waals surface area contributed by atoms with E-state index >= 15 is 0 Å². The molecule has 4 rings (SSSR count). The van der Waals surface area contributed by atoms with Crippen molar-refractivity contribution in [3.8, 4) is 11.5 Å². The van der Waals surface area contributed by atoms with Crippen LogP contribution in [0.5, 0.6) is 11.5 Å². The topological polar surface area (TPSA) is 59.5 Å². The SMILES string of the molecule is CCCN(CC)C1CCC(Oc2cc3c(Nc4cccc(Cl)c4F)ncnc3cc2OC)CC1. The fourth-order valence-electron chi connectivity index (χ4n) is 4.74. The molecule has 1 aliphatic rings. The second kappa shape index (κ2) is 11.2. The molecule has 0 bridgehead atoms. The standard InChI is InChI=1S/C26H32ClFN4O2/c1-4-13-32(5-2)17-9-11-18(12-10-17)34-24-14-19-22(15-23(24)33-3)29-16-30-26(19)31-21-8-6-7-20(27)25(21)28/h6-8,14-18H,4-5,9-13H2,1-3H3,(H,29,30,31). The number of ether oxygens (including phenoxy) is 2. The predicted octanol–water partition coefficient (Wildman–Crippen LogP) is 6.60. The van der Waals surface area contributed by atoms with Crippen LogP contribution < -0.4 is 14.8 Å². The van der Waals surface area contributed by atoms with Gasteiger partial charge in [-0.15, -0.1) is 0 Å². The van der Waals surface area contributed by atoms with Crippen LogP contribution in [-0.2, 0) is 0 Å². The van der Waals surface area contributed by atoms with Crippen LogP contribution in [0.1, 0.15) is 46.0 Å². The maximum Gasteiger partial charge on any atom is 0.165 e. The summed E-state index contributed by atoms with van der Waals surface area (Å²) in [5, 5.41) is 3.81. The number of methoxy groups -OCH3 is 1. The molecular weight excluding hydrogens is 455 g/mol. The Balaban J connectivity index is 1.56. The first-order chi connectivity index (χ1) is 16.5.